The number of anilines is 1. The van der Waals surface area contributed by atoms with Crippen LogP contribution in [0.15, 0.2) is 42.5 Å². The van der Waals surface area contributed by atoms with Crippen LogP contribution in [-0.4, -0.2) is 16.8 Å². The summed E-state index contributed by atoms with van der Waals surface area (Å²) in [5, 5.41) is 13.8. The Morgan fingerprint density at radius 2 is 1.86 bits per heavy atom. The summed E-state index contributed by atoms with van der Waals surface area (Å²) < 4.78 is 0. The van der Waals surface area contributed by atoms with Crippen LogP contribution in [-0.2, 0) is 10.4 Å². The molecular formula is C16H11Cl2NO3. The summed E-state index contributed by atoms with van der Waals surface area (Å²) in [4.78, 5) is 24.5. The van der Waals surface area contributed by atoms with Crippen molar-refractivity contribution < 1.29 is 14.7 Å². The number of nitrogens with one attached hydrogen (secondary N) is 1. The van der Waals surface area contributed by atoms with Gasteiger partial charge in [0.15, 0.2) is 11.4 Å². The molecule has 2 N–H and O–H groups in total. The third-order valence-corrected chi connectivity index (χ3v) is 4.39. The predicted molar refractivity (Wildman–Crippen MR) is 84.4 cm³/mol. The van der Waals surface area contributed by atoms with E-state index in [1.165, 1.54) is 18.2 Å². The number of aliphatic hydroxyl groups is 1. The fraction of sp³-hybridized carbons (Fsp3) is 0.125. The lowest BCUT2D eigenvalue weighted by atomic mass is 9.88. The van der Waals surface area contributed by atoms with Crippen LogP contribution in [0.4, 0.5) is 5.69 Å². The monoisotopic (exact) mass is 335 g/mol. The summed E-state index contributed by atoms with van der Waals surface area (Å²) >= 11 is 11.7. The summed E-state index contributed by atoms with van der Waals surface area (Å²) in [7, 11) is 0. The van der Waals surface area contributed by atoms with E-state index in [1.54, 1.807) is 24.3 Å². The first-order chi connectivity index (χ1) is 10.4. The highest BCUT2D eigenvalue weighted by Crippen LogP contribution is 2.39. The van der Waals surface area contributed by atoms with Crippen molar-refractivity contribution in [1.29, 1.82) is 0 Å². The minimum Gasteiger partial charge on any atom is -0.375 e. The van der Waals surface area contributed by atoms with Crippen molar-refractivity contribution in [3.63, 3.8) is 0 Å². The Kier molecular flexibility index (Phi) is 3.68. The molecule has 112 valence electrons. The standard InChI is InChI=1S/C16H11Cl2NO3/c17-11-6-5-9(7-12(11)18)14(20)8-16(22)10-3-1-2-4-13(10)19-15(16)21/h1-7,22H,8H2,(H,19,21)/t16-/m1/s1. The Morgan fingerprint density at radius 3 is 2.59 bits per heavy atom. The quantitative estimate of drug-likeness (QED) is 0.844. The van der Waals surface area contributed by atoms with Crippen LogP contribution in [0, 0.1) is 0 Å². The van der Waals surface area contributed by atoms with Gasteiger partial charge in [-0.1, -0.05) is 41.4 Å². The van der Waals surface area contributed by atoms with E-state index in [0.29, 0.717) is 21.8 Å². The van der Waals surface area contributed by atoms with E-state index in [2.05, 4.69) is 5.32 Å². The topological polar surface area (TPSA) is 66.4 Å². The third-order valence-electron chi connectivity index (χ3n) is 3.65. The van der Waals surface area contributed by atoms with Gasteiger partial charge in [-0.05, 0) is 24.3 Å². The summed E-state index contributed by atoms with van der Waals surface area (Å²) in [6.45, 7) is 0. The molecule has 2 aromatic carbocycles. The number of ketones is 1. The highest BCUT2D eigenvalue weighted by molar-refractivity contribution is 6.42. The second-order valence-electron chi connectivity index (χ2n) is 5.09. The second-order valence-corrected chi connectivity index (χ2v) is 5.90. The average molecular weight is 336 g/mol. The number of carbonyl (C=O) groups excluding carboxylic acids is 2. The van der Waals surface area contributed by atoms with Gasteiger partial charge in [0, 0.05) is 16.8 Å². The van der Waals surface area contributed by atoms with Gasteiger partial charge in [-0.25, -0.2) is 0 Å². The molecule has 6 heteroatoms. The zero-order valence-electron chi connectivity index (χ0n) is 11.3. The van der Waals surface area contributed by atoms with Crippen LogP contribution in [0.5, 0.6) is 0 Å². The first-order valence-corrected chi connectivity index (χ1v) is 7.29. The number of hydrogen-bond donors (Lipinski definition) is 2. The molecule has 22 heavy (non-hydrogen) atoms. The number of halogens is 2. The molecule has 0 unspecified atom stereocenters. The number of Topliss-reactive ketones (excluding diaryl/α,β-unsaturated/α-hetero) is 1. The molecule has 1 atom stereocenters. The minimum absolute atomic E-state index is 0.246. The lowest BCUT2D eigenvalue weighted by molar-refractivity contribution is -0.133. The molecule has 0 aliphatic carbocycles. The van der Waals surface area contributed by atoms with E-state index in [4.69, 9.17) is 23.2 Å². The van der Waals surface area contributed by atoms with E-state index in [-0.39, 0.29) is 11.4 Å². The maximum absolute atomic E-state index is 12.4. The number of fused-ring (bicyclic) bond motifs is 1. The maximum atomic E-state index is 12.4. The van der Waals surface area contributed by atoms with Crippen LogP contribution in [0.25, 0.3) is 0 Å². The van der Waals surface area contributed by atoms with Crippen molar-refractivity contribution in [2.75, 3.05) is 5.32 Å². The van der Waals surface area contributed by atoms with Crippen molar-refractivity contribution in [1.82, 2.24) is 0 Å². The Hall–Kier alpha value is -1.88. The van der Waals surface area contributed by atoms with Gasteiger partial charge < -0.3 is 10.4 Å². The highest BCUT2D eigenvalue weighted by atomic mass is 35.5. The molecule has 4 nitrogen and oxygen atoms in total. The highest BCUT2D eigenvalue weighted by Gasteiger charge is 2.46. The Labute approximate surface area is 136 Å². The van der Waals surface area contributed by atoms with Gasteiger partial charge in [0.25, 0.3) is 5.91 Å². The van der Waals surface area contributed by atoms with E-state index in [9.17, 15) is 14.7 Å². The molecule has 0 spiro atoms. The van der Waals surface area contributed by atoms with Crippen LogP contribution < -0.4 is 5.32 Å². The number of hydrogen-bond acceptors (Lipinski definition) is 3. The van der Waals surface area contributed by atoms with Crippen molar-refractivity contribution in [2.45, 2.75) is 12.0 Å². The molecule has 0 saturated carbocycles. The lowest BCUT2D eigenvalue weighted by Gasteiger charge is -2.20. The summed E-state index contributed by atoms with van der Waals surface area (Å²) in [5.41, 5.74) is -0.676. The molecule has 1 amide bonds. The SMILES string of the molecule is O=C(C[C@]1(O)C(=O)Nc2ccccc21)c1ccc(Cl)c(Cl)c1. The lowest BCUT2D eigenvalue weighted by Crippen LogP contribution is -2.36. The fourth-order valence-corrected chi connectivity index (χ4v) is 2.78. The number of benzene rings is 2. The van der Waals surface area contributed by atoms with E-state index >= 15 is 0 Å². The smallest absolute Gasteiger partial charge is 0.261 e. The normalized spacial score (nSPS) is 19.7. The van der Waals surface area contributed by atoms with Crippen LogP contribution >= 0.6 is 23.2 Å². The molecule has 0 bridgehead atoms. The van der Waals surface area contributed by atoms with Gasteiger partial charge in [-0.3, -0.25) is 9.59 Å². The zero-order chi connectivity index (χ0) is 15.9. The molecule has 2 aromatic rings. The van der Waals surface area contributed by atoms with Crippen LogP contribution in [0.2, 0.25) is 10.0 Å². The van der Waals surface area contributed by atoms with Gasteiger partial charge in [0.1, 0.15) is 0 Å². The molecule has 1 aliphatic heterocycles. The number of amides is 1. The Bertz CT molecular complexity index is 791. The first-order valence-electron chi connectivity index (χ1n) is 6.53. The summed E-state index contributed by atoms with van der Waals surface area (Å²) in [6, 6.07) is 11.2. The summed E-state index contributed by atoms with van der Waals surface area (Å²) in [5.74, 6) is -1.00. The van der Waals surface area contributed by atoms with Crippen molar-refractivity contribution in [3.05, 3.63) is 63.6 Å². The average Bonchev–Trinajstić information content (AvgIpc) is 2.74. The first kappa shape index (κ1) is 15.0. The predicted octanol–water partition coefficient (Wildman–Crippen LogP) is 3.41. The minimum atomic E-state index is -1.88. The zero-order valence-corrected chi connectivity index (χ0v) is 12.8. The molecule has 3 rings (SSSR count). The van der Waals surface area contributed by atoms with Crippen molar-refractivity contribution in [2.24, 2.45) is 0 Å². The fourth-order valence-electron chi connectivity index (χ4n) is 2.48. The van der Waals surface area contributed by atoms with E-state index in [0.717, 1.165) is 0 Å². The molecule has 0 saturated heterocycles. The molecule has 0 aromatic heterocycles. The largest absolute Gasteiger partial charge is 0.375 e. The molecule has 0 fully saturated rings. The van der Waals surface area contributed by atoms with E-state index in [1.807, 2.05) is 0 Å². The van der Waals surface area contributed by atoms with Crippen molar-refractivity contribution in [3.8, 4) is 0 Å². The van der Waals surface area contributed by atoms with Gasteiger partial charge in [0.05, 0.1) is 16.5 Å². The van der Waals surface area contributed by atoms with E-state index < -0.39 is 17.3 Å². The maximum Gasteiger partial charge on any atom is 0.261 e. The van der Waals surface area contributed by atoms with Gasteiger partial charge in [-0.15, -0.1) is 0 Å². The summed E-state index contributed by atoms with van der Waals surface area (Å²) in [6.07, 6.45) is -0.367. The van der Waals surface area contributed by atoms with Crippen LogP contribution in [0.1, 0.15) is 22.3 Å². The second kappa shape index (κ2) is 5.39. The van der Waals surface area contributed by atoms with Crippen molar-refractivity contribution >= 4 is 40.6 Å². The van der Waals surface area contributed by atoms with Gasteiger partial charge >= 0.3 is 0 Å². The van der Waals surface area contributed by atoms with Gasteiger partial charge in [-0.2, -0.15) is 0 Å². The van der Waals surface area contributed by atoms with Crippen LogP contribution in [0.3, 0.4) is 0 Å². The third kappa shape index (κ3) is 2.39. The Morgan fingerprint density at radius 1 is 1.14 bits per heavy atom. The molecular weight excluding hydrogens is 325 g/mol. The number of rotatable bonds is 3. The number of carbonyl (C=O) groups is 2. The Balaban J connectivity index is 1.93. The number of para-hydroxylation sites is 1. The molecule has 1 heterocycles. The molecule has 0 radical (unpaired) electrons. The van der Waals surface area contributed by atoms with Gasteiger partial charge in [0.2, 0.25) is 0 Å². The molecule has 1 aliphatic rings.